The molecule has 130 valence electrons. The summed E-state index contributed by atoms with van der Waals surface area (Å²) >= 11 is 0. The summed E-state index contributed by atoms with van der Waals surface area (Å²) < 4.78 is 2.15. The maximum absolute atomic E-state index is 12.5. The van der Waals surface area contributed by atoms with Gasteiger partial charge in [0.05, 0.1) is 12.6 Å². The predicted molar refractivity (Wildman–Crippen MR) is 86.3 cm³/mol. The van der Waals surface area contributed by atoms with E-state index in [-0.39, 0.29) is 30.9 Å². The first-order chi connectivity index (χ1) is 11.5. The summed E-state index contributed by atoms with van der Waals surface area (Å²) in [6.07, 6.45) is 5.64. The fourth-order valence-electron chi connectivity index (χ4n) is 3.34. The van der Waals surface area contributed by atoms with Crippen molar-refractivity contribution >= 4 is 17.8 Å². The van der Waals surface area contributed by atoms with Crippen molar-refractivity contribution in [2.45, 2.75) is 38.6 Å². The van der Waals surface area contributed by atoms with Gasteiger partial charge in [0.2, 0.25) is 5.91 Å². The van der Waals surface area contributed by atoms with Crippen LogP contribution in [0.4, 0.5) is 4.79 Å². The van der Waals surface area contributed by atoms with Crippen molar-refractivity contribution in [3.63, 3.8) is 0 Å². The summed E-state index contributed by atoms with van der Waals surface area (Å²) in [4.78, 5) is 42.9. The molecule has 0 aromatic carbocycles. The molecule has 0 saturated carbocycles. The summed E-state index contributed by atoms with van der Waals surface area (Å²) in [5, 5.41) is 2.43. The van der Waals surface area contributed by atoms with Gasteiger partial charge < -0.3 is 14.8 Å². The lowest BCUT2D eigenvalue weighted by molar-refractivity contribution is -0.137. The quantitative estimate of drug-likeness (QED) is 0.823. The van der Waals surface area contributed by atoms with Crippen LogP contribution in [-0.4, -0.2) is 63.4 Å². The maximum Gasteiger partial charge on any atom is 0.325 e. The first-order valence-corrected chi connectivity index (χ1v) is 8.36. The van der Waals surface area contributed by atoms with Crippen molar-refractivity contribution in [1.29, 1.82) is 0 Å². The molecule has 3 rings (SSSR count). The van der Waals surface area contributed by atoms with Crippen LogP contribution >= 0.6 is 0 Å². The number of nitrogens with zero attached hydrogens (tertiary/aromatic N) is 4. The van der Waals surface area contributed by atoms with Gasteiger partial charge in [0.1, 0.15) is 12.4 Å². The molecule has 2 saturated heterocycles. The van der Waals surface area contributed by atoms with Gasteiger partial charge >= 0.3 is 6.03 Å². The van der Waals surface area contributed by atoms with Crippen LogP contribution in [0.15, 0.2) is 12.4 Å². The zero-order valence-corrected chi connectivity index (χ0v) is 14.1. The second-order valence-electron chi connectivity index (χ2n) is 6.62. The molecule has 0 spiro atoms. The monoisotopic (exact) mass is 333 g/mol. The van der Waals surface area contributed by atoms with Gasteiger partial charge in [0.25, 0.3) is 5.91 Å². The van der Waals surface area contributed by atoms with Crippen molar-refractivity contribution in [3.8, 4) is 0 Å². The second-order valence-corrected chi connectivity index (χ2v) is 6.62. The topological polar surface area (TPSA) is 87.5 Å². The highest BCUT2D eigenvalue weighted by atomic mass is 16.2. The molecule has 8 heteroatoms. The van der Waals surface area contributed by atoms with Gasteiger partial charge in [-0.15, -0.1) is 0 Å². The van der Waals surface area contributed by atoms with E-state index in [0.717, 1.165) is 23.6 Å². The number of imide groups is 1. The number of carbonyl (C=O) groups is 3. The molecule has 4 amide bonds. The smallest absolute Gasteiger partial charge is 0.325 e. The molecule has 0 unspecified atom stereocenters. The summed E-state index contributed by atoms with van der Waals surface area (Å²) in [6, 6.07) is -0.302. The van der Waals surface area contributed by atoms with Gasteiger partial charge in [0, 0.05) is 31.4 Å². The van der Waals surface area contributed by atoms with Crippen LogP contribution in [-0.2, 0) is 9.59 Å². The molecule has 0 radical (unpaired) electrons. The minimum atomic E-state index is -0.487. The van der Waals surface area contributed by atoms with E-state index >= 15 is 0 Å². The third-order valence-corrected chi connectivity index (χ3v) is 4.59. The van der Waals surface area contributed by atoms with Crippen molar-refractivity contribution in [2.75, 3.05) is 26.2 Å². The second kappa shape index (κ2) is 6.62. The Morgan fingerprint density at radius 3 is 2.88 bits per heavy atom. The number of hydrogen-bond donors (Lipinski definition) is 1. The maximum atomic E-state index is 12.5. The van der Waals surface area contributed by atoms with Crippen LogP contribution in [0.3, 0.4) is 0 Å². The average Bonchev–Trinajstić information content (AvgIpc) is 3.17. The lowest BCUT2D eigenvalue weighted by Crippen LogP contribution is -2.47. The number of urea groups is 1. The Labute approximate surface area is 140 Å². The van der Waals surface area contributed by atoms with Crippen molar-refractivity contribution in [2.24, 2.45) is 0 Å². The van der Waals surface area contributed by atoms with Crippen molar-refractivity contribution in [3.05, 3.63) is 18.2 Å². The fourth-order valence-corrected chi connectivity index (χ4v) is 3.34. The number of carbonyl (C=O) groups excluding carboxylic acids is 3. The van der Waals surface area contributed by atoms with E-state index in [9.17, 15) is 14.4 Å². The minimum Gasteiger partial charge on any atom is -0.339 e. The first kappa shape index (κ1) is 16.5. The van der Waals surface area contributed by atoms with Crippen molar-refractivity contribution in [1.82, 2.24) is 24.7 Å². The molecule has 2 fully saturated rings. The summed E-state index contributed by atoms with van der Waals surface area (Å²) in [5.74, 6) is 0.801. The largest absolute Gasteiger partial charge is 0.339 e. The number of hydrogen-bond acceptors (Lipinski definition) is 4. The summed E-state index contributed by atoms with van der Waals surface area (Å²) in [6.45, 7) is 5.23. The fraction of sp³-hybridized carbons (Fsp3) is 0.625. The highest BCUT2D eigenvalue weighted by Gasteiger charge is 2.33. The molecule has 1 aromatic heterocycles. The lowest BCUT2D eigenvalue weighted by Gasteiger charge is -2.35. The van der Waals surface area contributed by atoms with Gasteiger partial charge in [-0.1, -0.05) is 13.8 Å². The normalized spacial score (nSPS) is 21.5. The van der Waals surface area contributed by atoms with E-state index < -0.39 is 6.03 Å². The first-order valence-electron chi connectivity index (χ1n) is 8.36. The number of imidazole rings is 1. The third-order valence-electron chi connectivity index (χ3n) is 4.59. The number of aromatic nitrogens is 2. The summed E-state index contributed by atoms with van der Waals surface area (Å²) in [7, 11) is 0. The Balaban J connectivity index is 1.67. The molecular weight excluding hydrogens is 310 g/mol. The highest BCUT2D eigenvalue weighted by molar-refractivity contribution is 6.04. The van der Waals surface area contributed by atoms with E-state index in [1.165, 1.54) is 0 Å². The molecule has 3 heterocycles. The van der Waals surface area contributed by atoms with Crippen LogP contribution in [0.25, 0.3) is 0 Å². The van der Waals surface area contributed by atoms with Crippen LogP contribution in [0.1, 0.15) is 44.5 Å². The van der Waals surface area contributed by atoms with E-state index in [0.29, 0.717) is 19.0 Å². The van der Waals surface area contributed by atoms with E-state index in [1.54, 1.807) is 11.1 Å². The number of likely N-dealkylation sites (tertiary alicyclic amines) is 1. The van der Waals surface area contributed by atoms with Crippen LogP contribution in [0.2, 0.25) is 0 Å². The molecule has 2 aliphatic rings. The molecule has 0 aliphatic carbocycles. The molecule has 24 heavy (non-hydrogen) atoms. The van der Waals surface area contributed by atoms with E-state index in [1.807, 2.05) is 6.20 Å². The Kier molecular flexibility index (Phi) is 4.55. The molecule has 1 atom stereocenters. The molecule has 8 nitrogen and oxygen atoms in total. The highest BCUT2D eigenvalue weighted by Crippen LogP contribution is 2.25. The summed E-state index contributed by atoms with van der Waals surface area (Å²) in [5.41, 5.74) is 0. The molecule has 1 N–H and O–H groups in total. The lowest BCUT2D eigenvalue weighted by atomic mass is 10.0. The zero-order chi connectivity index (χ0) is 17.3. The Bertz CT molecular complexity index is 638. The number of rotatable bonds is 4. The van der Waals surface area contributed by atoms with Crippen LogP contribution < -0.4 is 5.32 Å². The van der Waals surface area contributed by atoms with Gasteiger partial charge in [-0.2, -0.15) is 0 Å². The molecule has 0 bridgehead atoms. The molecule has 2 aliphatic heterocycles. The van der Waals surface area contributed by atoms with Gasteiger partial charge in [-0.3, -0.25) is 14.5 Å². The zero-order valence-electron chi connectivity index (χ0n) is 14.1. The van der Waals surface area contributed by atoms with Gasteiger partial charge in [-0.25, -0.2) is 9.78 Å². The molecular formula is C16H23N5O3. The van der Waals surface area contributed by atoms with E-state index in [4.69, 9.17) is 0 Å². The van der Waals surface area contributed by atoms with E-state index in [2.05, 4.69) is 28.7 Å². The van der Waals surface area contributed by atoms with Crippen LogP contribution in [0, 0.1) is 0 Å². The number of piperidine rings is 1. The predicted octanol–water partition coefficient (Wildman–Crippen LogP) is 0.722. The van der Waals surface area contributed by atoms with Crippen molar-refractivity contribution < 1.29 is 14.4 Å². The Morgan fingerprint density at radius 1 is 1.42 bits per heavy atom. The average molecular weight is 333 g/mol. The SMILES string of the molecule is CC(C)c1nccn1[C@@H]1CCCN(C(=O)CN2C(=O)CNC2=O)C1. The van der Waals surface area contributed by atoms with Gasteiger partial charge in [0.15, 0.2) is 0 Å². The van der Waals surface area contributed by atoms with Gasteiger partial charge in [-0.05, 0) is 12.8 Å². The molecule has 1 aromatic rings. The minimum absolute atomic E-state index is 0.0263. The standard InChI is InChI=1S/C16H23N5O3/c1-11(2)15-17-5-7-20(15)12-4-3-6-19(9-12)14(23)10-21-13(22)8-18-16(21)24/h5,7,11-12H,3-4,6,8-10H2,1-2H3,(H,18,24)/t12-/m1/s1. The van der Waals surface area contributed by atoms with Crippen LogP contribution in [0.5, 0.6) is 0 Å². The Hall–Kier alpha value is -2.38. The Morgan fingerprint density at radius 2 is 2.21 bits per heavy atom. The number of amides is 4. The third kappa shape index (κ3) is 3.13. The number of nitrogens with one attached hydrogen (secondary N) is 1.